The lowest BCUT2D eigenvalue weighted by atomic mass is 10.1. The lowest BCUT2D eigenvalue weighted by molar-refractivity contribution is 0.0880. The average molecular weight is 498 g/mol. The average Bonchev–Trinajstić information content (AvgIpc) is 3.27. The van der Waals surface area contributed by atoms with Gasteiger partial charge >= 0.3 is 10.2 Å². The second kappa shape index (κ2) is 8.83. The molecule has 1 aromatic carbocycles. The van der Waals surface area contributed by atoms with Gasteiger partial charge in [0, 0.05) is 24.9 Å². The summed E-state index contributed by atoms with van der Waals surface area (Å²) in [5.41, 5.74) is 6.26. The Kier molecular flexibility index (Phi) is 6.03. The van der Waals surface area contributed by atoms with E-state index in [9.17, 15) is 18.0 Å². The smallest absolute Gasteiger partial charge is 0.344 e. The van der Waals surface area contributed by atoms with Gasteiger partial charge in [-0.25, -0.2) is 9.97 Å². The van der Waals surface area contributed by atoms with Crippen molar-refractivity contribution in [1.82, 2.24) is 19.9 Å². The van der Waals surface area contributed by atoms with Gasteiger partial charge in [0.05, 0.1) is 16.8 Å². The molecule has 0 spiro atoms. The van der Waals surface area contributed by atoms with Gasteiger partial charge in [0.2, 0.25) is 0 Å². The molecule has 0 unspecified atom stereocenters. The molecule has 182 valence electrons. The molecule has 1 aliphatic heterocycles. The number of ketones is 1. The molecule has 1 amide bonds. The van der Waals surface area contributed by atoms with Crippen molar-refractivity contribution in [3.63, 3.8) is 0 Å². The van der Waals surface area contributed by atoms with E-state index in [4.69, 9.17) is 10.5 Å². The molecule has 13 heteroatoms. The number of amides is 1. The van der Waals surface area contributed by atoms with Crippen LogP contribution >= 0.6 is 0 Å². The summed E-state index contributed by atoms with van der Waals surface area (Å²) in [6.45, 7) is 5.02. The molecule has 0 saturated heterocycles. The van der Waals surface area contributed by atoms with E-state index >= 15 is 0 Å². The number of nitrogens with two attached hydrogens (primary N) is 1. The first kappa shape index (κ1) is 23.9. The van der Waals surface area contributed by atoms with Crippen molar-refractivity contribution in [2.75, 3.05) is 11.3 Å². The highest BCUT2D eigenvalue weighted by Crippen LogP contribution is 2.30. The van der Waals surface area contributed by atoms with Crippen LogP contribution < -0.4 is 20.5 Å². The summed E-state index contributed by atoms with van der Waals surface area (Å²) in [4.78, 5) is 32.7. The quantitative estimate of drug-likeness (QED) is 0.412. The van der Waals surface area contributed by atoms with E-state index in [0.29, 0.717) is 28.4 Å². The third-order valence-corrected chi connectivity index (χ3v) is 5.91. The van der Waals surface area contributed by atoms with Crippen LogP contribution in [0.15, 0.2) is 53.5 Å². The normalized spacial score (nSPS) is 14.3. The van der Waals surface area contributed by atoms with Crippen molar-refractivity contribution in [1.29, 1.82) is 0 Å². The Morgan fingerprint density at radius 1 is 1.23 bits per heavy atom. The molecule has 0 saturated carbocycles. The summed E-state index contributed by atoms with van der Waals surface area (Å²) in [7, 11) is -3.91. The van der Waals surface area contributed by atoms with E-state index in [-0.39, 0.29) is 29.8 Å². The molecular formula is C22H23N7O5S. The van der Waals surface area contributed by atoms with Crippen molar-refractivity contribution < 1.29 is 22.7 Å². The lowest BCUT2D eigenvalue weighted by Crippen LogP contribution is -2.48. The number of nitrogens with zero attached hydrogens (tertiary/aromatic N) is 4. The van der Waals surface area contributed by atoms with E-state index in [2.05, 4.69) is 24.4 Å². The minimum absolute atomic E-state index is 0.0522. The SMILES string of the molecule is CC(=O)c1cn(-c2cc(C(=O)NC(C)(C)COc3cccc4c3C(N)=NS(=O)(=O)N4)ccn2)cn1. The van der Waals surface area contributed by atoms with Crippen LogP contribution in [0.4, 0.5) is 5.69 Å². The number of carbonyl (C=O) groups excluding carboxylic acids is 2. The highest BCUT2D eigenvalue weighted by molar-refractivity contribution is 7.91. The van der Waals surface area contributed by atoms with Crippen molar-refractivity contribution in [2.24, 2.45) is 10.1 Å². The van der Waals surface area contributed by atoms with E-state index in [1.165, 1.54) is 19.4 Å². The number of aromatic nitrogens is 3. The number of anilines is 1. The molecule has 3 heterocycles. The lowest BCUT2D eigenvalue weighted by Gasteiger charge is -2.27. The van der Waals surface area contributed by atoms with Crippen LogP contribution in [-0.4, -0.2) is 52.6 Å². The molecule has 0 radical (unpaired) electrons. The highest BCUT2D eigenvalue weighted by atomic mass is 32.2. The summed E-state index contributed by atoms with van der Waals surface area (Å²) in [5, 5.41) is 2.91. The highest BCUT2D eigenvalue weighted by Gasteiger charge is 2.27. The molecule has 0 bridgehead atoms. The molecule has 12 nitrogen and oxygen atoms in total. The Balaban J connectivity index is 1.47. The zero-order chi connectivity index (χ0) is 25.4. The number of carbonyl (C=O) groups is 2. The number of pyridine rings is 1. The van der Waals surface area contributed by atoms with Gasteiger partial charge in [-0.3, -0.25) is 18.9 Å². The summed E-state index contributed by atoms with van der Waals surface area (Å²) < 4.78 is 36.8. The third kappa shape index (κ3) is 5.30. The molecule has 2 aromatic heterocycles. The predicted molar refractivity (Wildman–Crippen MR) is 128 cm³/mol. The topological polar surface area (TPSA) is 171 Å². The maximum atomic E-state index is 12.9. The standard InChI is InChI=1S/C22H23N7O5S/c1-13(30)16-10-29(12-25-16)18-9-14(7-8-24-18)21(31)26-22(2,3)11-34-17-6-4-5-15-19(17)20(23)28-35(32,33)27-15/h4-10,12,27H,11H2,1-3H3,(H2,23,28)(H,26,31). The number of hydrogen-bond donors (Lipinski definition) is 3. The molecule has 1 aliphatic rings. The van der Waals surface area contributed by atoms with E-state index in [1.54, 1.807) is 54.9 Å². The van der Waals surface area contributed by atoms with Gasteiger partial charge in [0.15, 0.2) is 11.6 Å². The van der Waals surface area contributed by atoms with Crippen LogP contribution in [0.3, 0.4) is 0 Å². The summed E-state index contributed by atoms with van der Waals surface area (Å²) in [5.74, 6) is 0.0245. The predicted octanol–water partition coefficient (Wildman–Crippen LogP) is 1.43. The molecule has 4 rings (SSSR count). The summed E-state index contributed by atoms with van der Waals surface area (Å²) in [6.07, 6.45) is 4.48. The first-order chi connectivity index (χ1) is 16.4. The Bertz CT molecular complexity index is 1460. The van der Waals surface area contributed by atoms with Gasteiger partial charge in [-0.1, -0.05) is 6.07 Å². The third-order valence-electron chi connectivity index (χ3n) is 5.00. The zero-order valence-corrected chi connectivity index (χ0v) is 20.0. The van der Waals surface area contributed by atoms with Gasteiger partial charge in [0.25, 0.3) is 5.91 Å². The minimum atomic E-state index is -3.91. The number of benzene rings is 1. The van der Waals surface area contributed by atoms with Gasteiger partial charge in [0.1, 0.15) is 30.2 Å². The van der Waals surface area contributed by atoms with Crippen LogP contribution in [-0.2, 0) is 10.2 Å². The Morgan fingerprint density at radius 2 is 2.00 bits per heavy atom. The number of imidazole rings is 1. The Morgan fingerprint density at radius 3 is 2.71 bits per heavy atom. The minimum Gasteiger partial charge on any atom is -0.490 e. The molecule has 35 heavy (non-hydrogen) atoms. The largest absolute Gasteiger partial charge is 0.490 e. The fourth-order valence-electron chi connectivity index (χ4n) is 3.34. The van der Waals surface area contributed by atoms with E-state index < -0.39 is 15.7 Å². The summed E-state index contributed by atoms with van der Waals surface area (Å²) in [6, 6.07) is 7.94. The van der Waals surface area contributed by atoms with Crippen molar-refractivity contribution in [3.8, 4) is 11.6 Å². The number of Topliss-reactive ketones (excluding diaryl/α,β-unsaturated/α-hetero) is 1. The first-order valence-electron chi connectivity index (χ1n) is 10.4. The van der Waals surface area contributed by atoms with Crippen LogP contribution in [0.5, 0.6) is 5.75 Å². The number of amidine groups is 1. The number of hydrogen-bond acceptors (Lipinski definition) is 8. The van der Waals surface area contributed by atoms with Gasteiger partial charge in [-0.05, 0) is 38.1 Å². The van der Waals surface area contributed by atoms with Gasteiger partial charge in [-0.2, -0.15) is 8.42 Å². The Labute approximate surface area is 201 Å². The molecule has 0 atom stereocenters. The number of nitrogens with one attached hydrogen (secondary N) is 2. The molecule has 4 N–H and O–H groups in total. The van der Waals surface area contributed by atoms with Crippen LogP contribution in [0, 0.1) is 0 Å². The van der Waals surface area contributed by atoms with Gasteiger partial charge in [-0.15, -0.1) is 4.40 Å². The second-order valence-corrected chi connectivity index (χ2v) is 9.82. The van der Waals surface area contributed by atoms with Crippen LogP contribution in [0.2, 0.25) is 0 Å². The molecule has 0 aliphatic carbocycles. The number of rotatable bonds is 7. The Hall–Kier alpha value is -4.26. The first-order valence-corrected chi connectivity index (χ1v) is 11.9. The fraction of sp³-hybridized carbons (Fsp3) is 0.227. The number of ether oxygens (including phenoxy) is 1. The molecule has 0 fully saturated rings. The maximum Gasteiger partial charge on any atom is 0.344 e. The maximum absolute atomic E-state index is 12.9. The molecule has 3 aromatic rings. The zero-order valence-electron chi connectivity index (χ0n) is 19.1. The summed E-state index contributed by atoms with van der Waals surface area (Å²) >= 11 is 0. The monoisotopic (exact) mass is 497 g/mol. The molecular weight excluding hydrogens is 474 g/mol. The second-order valence-electron chi connectivity index (χ2n) is 8.48. The van der Waals surface area contributed by atoms with Crippen molar-refractivity contribution in [2.45, 2.75) is 26.3 Å². The van der Waals surface area contributed by atoms with E-state index in [0.717, 1.165) is 0 Å². The number of fused-ring (bicyclic) bond motifs is 1. The van der Waals surface area contributed by atoms with Gasteiger partial charge < -0.3 is 15.8 Å². The van der Waals surface area contributed by atoms with Crippen LogP contribution in [0.25, 0.3) is 5.82 Å². The van der Waals surface area contributed by atoms with Crippen LogP contribution in [0.1, 0.15) is 47.2 Å². The van der Waals surface area contributed by atoms with E-state index in [1.807, 2.05) is 0 Å². The van der Waals surface area contributed by atoms with Crippen molar-refractivity contribution >= 4 is 33.4 Å². The fourth-order valence-corrected chi connectivity index (χ4v) is 4.19. The van der Waals surface area contributed by atoms with Crippen molar-refractivity contribution in [3.05, 3.63) is 65.9 Å².